The average molecular weight is 264 g/mol. The summed E-state index contributed by atoms with van der Waals surface area (Å²) in [5, 5.41) is 8.99. The van der Waals surface area contributed by atoms with Crippen LogP contribution in [0.1, 0.15) is 5.56 Å². The number of imidazole rings is 1. The molecule has 3 aromatic rings. The molecule has 0 bridgehead atoms. The molecule has 98 valence electrons. The quantitative estimate of drug-likeness (QED) is 0.713. The van der Waals surface area contributed by atoms with Crippen molar-refractivity contribution in [3.63, 3.8) is 0 Å². The molecule has 2 heterocycles. The molecule has 0 atom stereocenters. The number of ether oxygens (including phenoxy) is 1. The third-order valence-corrected chi connectivity index (χ3v) is 3.26. The summed E-state index contributed by atoms with van der Waals surface area (Å²) in [7, 11) is 3.53. The molecule has 0 aliphatic carbocycles. The van der Waals surface area contributed by atoms with Gasteiger partial charge in [0.2, 0.25) is 0 Å². The van der Waals surface area contributed by atoms with Gasteiger partial charge in [-0.15, -0.1) is 0 Å². The number of aryl methyl sites for hydroxylation is 1. The average Bonchev–Trinajstić information content (AvgIpc) is 2.83. The maximum atomic E-state index is 8.99. The van der Waals surface area contributed by atoms with Gasteiger partial charge in [-0.05, 0) is 24.3 Å². The fourth-order valence-corrected chi connectivity index (χ4v) is 2.23. The monoisotopic (exact) mass is 264 g/mol. The Morgan fingerprint density at radius 1 is 1.30 bits per heavy atom. The minimum absolute atomic E-state index is 0.619. The summed E-state index contributed by atoms with van der Waals surface area (Å²) in [6.45, 7) is 0. The fourth-order valence-electron chi connectivity index (χ4n) is 2.23. The van der Waals surface area contributed by atoms with Crippen LogP contribution in [0.25, 0.3) is 22.4 Å². The number of rotatable bonds is 2. The molecule has 5 nitrogen and oxygen atoms in total. The first kappa shape index (κ1) is 12.2. The van der Waals surface area contributed by atoms with Crippen molar-refractivity contribution in [2.45, 2.75) is 0 Å². The lowest BCUT2D eigenvalue weighted by Gasteiger charge is -2.07. The molecule has 0 fully saturated rings. The van der Waals surface area contributed by atoms with Gasteiger partial charge in [-0.25, -0.2) is 4.98 Å². The van der Waals surface area contributed by atoms with Crippen molar-refractivity contribution in [1.82, 2.24) is 14.5 Å². The third-order valence-electron chi connectivity index (χ3n) is 3.26. The number of methoxy groups -OCH3 is 1. The third kappa shape index (κ3) is 1.79. The normalized spacial score (nSPS) is 10.4. The Balaban J connectivity index is 2.27. The second-order valence-electron chi connectivity index (χ2n) is 4.39. The molecule has 3 rings (SSSR count). The van der Waals surface area contributed by atoms with E-state index in [1.165, 1.54) is 0 Å². The van der Waals surface area contributed by atoms with Crippen molar-refractivity contribution in [1.29, 1.82) is 5.26 Å². The molecule has 0 aliphatic rings. The Kier molecular flexibility index (Phi) is 2.84. The summed E-state index contributed by atoms with van der Waals surface area (Å²) < 4.78 is 7.28. The minimum Gasteiger partial charge on any atom is -0.494 e. The molecule has 0 unspecified atom stereocenters. The molecule has 0 amide bonds. The van der Waals surface area contributed by atoms with Crippen molar-refractivity contribution in [2.75, 3.05) is 7.11 Å². The van der Waals surface area contributed by atoms with Gasteiger partial charge in [-0.1, -0.05) is 0 Å². The van der Waals surface area contributed by atoms with Crippen molar-refractivity contribution in [3.8, 4) is 23.2 Å². The summed E-state index contributed by atoms with van der Waals surface area (Å²) in [6.07, 6.45) is 3.37. The van der Waals surface area contributed by atoms with Crippen molar-refractivity contribution in [2.24, 2.45) is 7.05 Å². The van der Waals surface area contributed by atoms with Crippen LogP contribution in [-0.2, 0) is 7.05 Å². The predicted octanol–water partition coefficient (Wildman–Crippen LogP) is 2.52. The van der Waals surface area contributed by atoms with Crippen molar-refractivity contribution < 1.29 is 4.74 Å². The van der Waals surface area contributed by atoms with Crippen LogP contribution in [0.3, 0.4) is 0 Å². The van der Waals surface area contributed by atoms with Gasteiger partial charge in [0, 0.05) is 13.2 Å². The van der Waals surface area contributed by atoms with Gasteiger partial charge in [0.05, 0.1) is 41.5 Å². The first-order valence-electron chi connectivity index (χ1n) is 6.09. The van der Waals surface area contributed by atoms with E-state index in [0.717, 1.165) is 22.4 Å². The van der Waals surface area contributed by atoms with Gasteiger partial charge in [-0.3, -0.25) is 4.98 Å². The number of hydrogen-bond donors (Lipinski definition) is 0. The van der Waals surface area contributed by atoms with Gasteiger partial charge >= 0.3 is 0 Å². The van der Waals surface area contributed by atoms with Gasteiger partial charge in [0.15, 0.2) is 0 Å². The maximum absolute atomic E-state index is 8.99. The van der Waals surface area contributed by atoms with Crippen LogP contribution in [0.4, 0.5) is 0 Å². The number of fused-ring (bicyclic) bond motifs is 1. The molecule has 0 saturated carbocycles. The van der Waals surface area contributed by atoms with E-state index < -0.39 is 0 Å². The van der Waals surface area contributed by atoms with Crippen LogP contribution >= 0.6 is 0 Å². The standard InChI is InChI=1S/C15H12N4O/c1-19-13-7-10(8-16)3-4-12(13)18-15(19)11-5-6-17-9-14(11)20-2/h3-7,9H,1-2H3. The van der Waals surface area contributed by atoms with E-state index >= 15 is 0 Å². The zero-order valence-corrected chi connectivity index (χ0v) is 11.2. The van der Waals surface area contributed by atoms with Crippen LogP contribution in [0.2, 0.25) is 0 Å². The molecular formula is C15H12N4O. The molecule has 5 heteroatoms. The number of hydrogen-bond acceptors (Lipinski definition) is 4. The molecular weight excluding hydrogens is 252 g/mol. The number of benzene rings is 1. The van der Waals surface area contributed by atoms with E-state index in [2.05, 4.69) is 16.0 Å². The van der Waals surface area contributed by atoms with E-state index in [9.17, 15) is 0 Å². The van der Waals surface area contributed by atoms with Gasteiger partial charge < -0.3 is 9.30 Å². The lowest BCUT2D eigenvalue weighted by atomic mass is 10.2. The van der Waals surface area contributed by atoms with Gasteiger partial charge in [0.25, 0.3) is 0 Å². The SMILES string of the molecule is COc1cnccc1-c1nc2ccc(C#N)cc2n1C. The second-order valence-corrected chi connectivity index (χ2v) is 4.39. The van der Waals surface area contributed by atoms with E-state index in [1.54, 1.807) is 25.6 Å². The van der Waals surface area contributed by atoms with E-state index in [1.807, 2.05) is 29.8 Å². The molecule has 0 saturated heterocycles. The minimum atomic E-state index is 0.619. The Bertz CT molecular complexity index is 829. The molecule has 0 spiro atoms. The highest BCUT2D eigenvalue weighted by atomic mass is 16.5. The highest BCUT2D eigenvalue weighted by Crippen LogP contribution is 2.30. The smallest absolute Gasteiger partial charge is 0.148 e. The maximum Gasteiger partial charge on any atom is 0.148 e. The van der Waals surface area contributed by atoms with Gasteiger partial charge in [-0.2, -0.15) is 5.26 Å². The topological polar surface area (TPSA) is 63.7 Å². The van der Waals surface area contributed by atoms with Crippen LogP contribution in [0.15, 0.2) is 36.7 Å². The van der Waals surface area contributed by atoms with Crippen LogP contribution in [-0.4, -0.2) is 21.6 Å². The van der Waals surface area contributed by atoms with Gasteiger partial charge in [0.1, 0.15) is 11.6 Å². The largest absolute Gasteiger partial charge is 0.494 e. The summed E-state index contributed by atoms with van der Waals surface area (Å²) in [5.41, 5.74) is 3.26. The van der Waals surface area contributed by atoms with Crippen molar-refractivity contribution >= 4 is 11.0 Å². The van der Waals surface area contributed by atoms with E-state index in [4.69, 9.17) is 10.00 Å². The number of nitriles is 1. The summed E-state index contributed by atoms with van der Waals surface area (Å²) >= 11 is 0. The summed E-state index contributed by atoms with van der Waals surface area (Å²) in [5.74, 6) is 1.46. The first-order chi connectivity index (χ1) is 9.74. The molecule has 2 aromatic heterocycles. The fraction of sp³-hybridized carbons (Fsp3) is 0.133. The molecule has 0 aliphatic heterocycles. The van der Waals surface area contributed by atoms with Crippen molar-refractivity contribution in [3.05, 3.63) is 42.2 Å². The Hall–Kier alpha value is -2.87. The highest BCUT2D eigenvalue weighted by Gasteiger charge is 2.14. The highest BCUT2D eigenvalue weighted by molar-refractivity contribution is 5.82. The first-order valence-corrected chi connectivity index (χ1v) is 6.09. The van der Waals surface area contributed by atoms with E-state index in [0.29, 0.717) is 11.3 Å². The lowest BCUT2D eigenvalue weighted by molar-refractivity contribution is 0.414. The van der Waals surface area contributed by atoms with Crippen LogP contribution in [0.5, 0.6) is 5.75 Å². The molecule has 20 heavy (non-hydrogen) atoms. The zero-order valence-electron chi connectivity index (χ0n) is 11.2. The van der Waals surface area contributed by atoms with E-state index in [-0.39, 0.29) is 0 Å². The number of pyridine rings is 1. The number of nitrogens with zero attached hydrogens (tertiary/aromatic N) is 4. The Labute approximate surface area is 116 Å². The Morgan fingerprint density at radius 2 is 2.15 bits per heavy atom. The zero-order chi connectivity index (χ0) is 14.1. The second kappa shape index (κ2) is 4.67. The Morgan fingerprint density at radius 3 is 2.90 bits per heavy atom. The van der Waals surface area contributed by atoms with Crippen LogP contribution < -0.4 is 4.74 Å². The van der Waals surface area contributed by atoms with Crippen LogP contribution in [0, 0.1) is 11.3 Å². The summed E-state index contributed by atoms with van der Waals surface area (Å²) in [6, 6.07) is 9.46. The summed E-state index contributed by atoms with van der Waals surface area (Å²) in [4.78, 5) is 8.66. The molecule has 1 aromatic carbocycles. The predicted molar refractivity (Wildman–Crippen MR) is 75.2 cm³/mol. The lowest BCUT2D eigenvalue weighted by Crippen LogP contribution is -1.96. The number of aromatic nitrogens is 3. The molecule has 0 radical (unpaired) electrons. The molecule has 0 N–H and O–H groups in total.